The summed E-state index contributed by atoms with van der Waals surface area (Å²) in [6, 6.07) is 7.70. The van der Waals surface area contributed by atoms with E-state index in [1.807, 2.05) is 31.3 Å². The highest BCUT2D eigenvalue weighted by Gasteiger charge is 2.19. The number of nitrogens with zero attached hydrogens (tertiary/aromatic N) is 2. The Hall–Kier alpha value is -1.48. The first-order valence-corrected chi connectivity index (χ1v) is 5.97. The van der Waals surface area contributed by atoms with Gasteiger partial charge in [-0.2, -0.15) is 5.10 Å². The third-order valence-electron chi connectivity index (χ3n) is 2.84. The molecular formula is C13H16ClN3. The number of nitrogen functional groups attached to an aromatic ring is 1. The van der Waals surface area contributed by atoms with E-state index in [-0.39, 0.29) is 0 Å². The lowest BCUT2D eigenvalue weighted by Crippen LogP contribution is -2.00. The van der Waals surface area contributed by atoms with Crippen LogP contribution in [-0.2, 0) is 7.05 Å². The van der Waals surface area contributed by atoms with Crippen molar-refractivity contribution in [2.24, 2.45) is 7.05 Å². The van der Waals surface area contributed by atoms with Crippen LogP contribution in [0.2, 0.25) is 5.02 Å². The average Bonchev–Trinajstić information content (AvgIpc) is 2.56. The minimum atomic E-state index is 0.315. The Bertz CT molecular complexity index is 544. The van der Waals surface area contributed by atoms with Crippen molar-refractivity contribution in [3.8, 4) is 11.3 Å². The molecule has 0 amide bonds. The van der Waals surface area contributed by atoms with Crippen molar-refractivity contribution in [1.82, 2.24) is 9.78 Å². The van der Waals surface area contributed by atoms with Gasteiger partial charge in [-0.3, -0.25) is 4.68 Å². The van der Waals surface area contributed by atoms with Crippen LogP contribution in [0.5, 0.6) is 0 Å². The van der Waals surface area contributed by atoms with Crippen molar-refractivity contribution in [1.29, 1.82) is 0 Å². The standard InChI is InChI=1S/C13H16ClN3/c1-8(2)11-12(16-17(3)13(11)15)9-6-4-5-7-10(9)14/h4-8H,15H2,1-3H3. The Morgan fingerprint density at radius 2 is 1.94 bits per heavy atom. The van der Waals surface area contributed by atoms with Gasteiger partial charge in [0.25, 0.3) is 0 Å². The number of halogens is 1. The highest BCUT2D eigenvalue weighted by atomic mass is 35.5. The third-order valence-corrected chi connectivity index (χ3v) is 3.17. The van der Waals surface area contributed by atoms with Gasteiger partial charge in [0.2, 0.25) is 0 Å². The third kappa shape index (κ3) is 2.03. The number of hydrogen-bond donors (Lipinski definition) is 1. The summed E-state index contributed by atoms with van der Waals surface area (Å²) in [5.41, 5.74) is 8.92. The summed E-state index contributed by atoms with van der Waals surface area (Å²) < 4.78 is 1.70. The van der Waals surface area contributed by atoms with Crippen LogP contribution in [0.3, 0.4) is 0 Å². The van der Waals surface area contributed by atoms with Gasteiger partial charge in [-0.05, 0) is 12.0 Å². The fourth-order valence-corrected chi connectivity index (χ4v) is 2.20. The minimum Gasteiger partial charge on any atom is -0.384 e. The molecule has 0 spiro atoms. The molecule has 4 heteroatoms. The first-order valence-electron chi connectivity index (χ1n) is 5.59. The van der Waals surface area contributed by atoms with E-state index in [2.05, 4.69) is 18.9 Å². The monoisotopic (exact) mass is 249 g/mol. The zero-order valence-electron chi connectivity index (χ0n) is 10.2. The molecule has 0 aliphatic carbocycles. The number of nitrogens with two attached hydrogens (primary N) is 1. The summed E-state index contributed by atoms with van der Waals surface area (Å²) in [7, 11) is 1.85. The smallest absolute Gasteiger partial charge is 0.125 e. The van der Waals surface area contributed by atoms with Crippen molar-refractivity contribution in [2.75, 3.05) is 5.73 Å². The maximum Gasteiger partial charge on any atom is 0.125 e. The first-order chi connectivity index (χ1) is 8.02. The van der Waals surface area contributed by atoms with Crippen molar-refractivity contribution in [3.63, 3.8) is 0 Å². The van der Waals surface area contributed by atoms with Crippen LogP contribution in [0, 0.1) is 0 Å². The van der Waals surface area contributed by atoms with Gasteiger partial charge in [0.05, 0.1) is 10.7 Å². The van der Waals surface area contributed by atoms with Gasteiger partial charge in [0.1, 0.15) is 5.82 Å². The lowest BCUT2D eigenvalue weighted by molar-refractivity contribution is 0.780. The van der Waals surface area contributed by atoms with Crippen molar-refractivity contribution >= 4 is 17.4 Å². The predicted octanol–water partition coefficient (Wildman–Crippen LogP) is 3.45. The number of anilines is 1. The molecule has 0 fully saturated rings. The molecule has 0 unspecified atom stereocenters. The molecule has 2 aromatic rings. The van der Waals surface area contributed by atoms with E-state index in [4.69, 9.17) is 17.3 Å². The van der Waals surface area contributed by atoms with E-state index < -0.39 is 0 Å². The van der Waals surface area contributed by atoms with E-state index in [1.54, 1.807) is 4.68 Å². The minimum absolute atomic E-state index is 0.315. The van der Waals surface area contributed by atoms with Crippen molar-refractivity contribution in [3.05, 3.63) is 34.9 Å². The number of benzene rings is 1. The Morgan fingerprint density at radius 3 is 2.53 bits per heavy atom. The van der Waals surface area contributed by atoms with Crippen LogP contribution in [-0.4, -0.2) is 9.78 Å². The Morgan fingerprint density at radius 1 is 1.29 bits per heavy atom. The predicted molar refractivity (Wildman–Crippen MR) is 72.2 cm³/mol. The fourth-order valence-electron chi connectivity index (χ4n) is 1.97. The van der Waals surface area contributed by atoms with Gasteiger partial charge >= 0.3 is 0 Å². The molecule has 0 aliphatic heterocycles. The van der Waals surface area contributed by atoms with E-state index in [1.165, 1.54) is 0 Å². The van der Waals surface area contributed by atoms with Crippen molar-refractivity contribution < 1.29 is 0 Å². The van der Waals surface area contributed by atoms with Gasteiger partial charge in [0, 0.05) is 18.2 Å². The first kappa shape index (κ1) is 12.0. The van der Waals surface area contributed by atoms with Gasteiger partial charge in [-0.15, -0.1) is 0 Å². The molecule has 0 bridgehead atoms. The lowest BCUT2D eigenvalue weighted by Gasteiger charge is -2.08. The van der Waals surface area contributed by atoms with E-state index in [0.29, 0.717) is 16.8 Å². The zero-order valence-corrected chi connectivity index (χ0v) is 11.0. The molecule has 0 aliphatic rings. The molecule has 17 heavy (non-hydrogen) atoms. The highest BCUT2D eigenvalue weighted by Crippen LogP contribution is 2.35. The zero-order chi connectivity index (χ0) is 12.6. The summed E-state index contributed by atoms with van der Waals surface area (Å²) in [5, 5.41) is 5.17. The molecule has 1 aromatic carbocycles. The highest BCUT2D eigenvalue weighted by molar-refractivity contribution is 6.33. The van der Waals surface area contributed by atoms with Gasteiger partial charge in [-0.1, -0.05) is 43.6 Å². The molecule has 0 saturated heterocycles. The molecule has 1 heterocycles. The maximum atomic E-state index is 6.21. The number of hydrogen-bond acceptors (Lipinski definition) is 2. The average molecular weight is 250 g/mol. The van der Waals surface area contributed by atoms with Crippen LogP contribution in [0.15, 0.2) is 24.3 Å². The molecule has 2 N–H and O–H groups in total. The second-order valence-electron chi connectivity index (χ2n) is 4.41. The summed E-state index contributed by atoms with van der Waals surface area (Å²) in [4.78, 5) is 0. The number of rotatable bonds is 2. The topological polar surface area (TPSA) is 43.8 Å². The van der Waals surface area contributed by atoms with Gasteiger partial charge in [-0.25, -0.2) is 0 Å². The van der Waals surface area contributed by atoms with Crippen LogP contribution >= 0.6 is 11.6 Å². The molecule has 2 rings (SSSR count). The summed E-state index contributed by atoms with van der Waals surface area (Å²) in [5.74, 6) is 1.02. The summed E-state index contributed by atoms with van der Waals surface area (Å²) >= 11 is 6.21. The quantitative estimate of drug-likeness (QED) is 0.886. The molecule has 0 saturated carbocycles. The van der Waals surface area contributed by atoms with Crippen LogP contribution in [0.1, 0.15) is 25.3 Å². The maximum absolute atomic E-state index is 6.21. The molecule has 1 aromatic heterocycles. The second kappa shape index (κ2) is 4.41. The van der Waals surface area contributed by atoms with Crippen LogP contribution in [0.4, 0.5) is 5.82 Å². The van der Waals surface area contributed by atoms with Crippen LogP contribution < -0.4 is 5.73 Å². The second-order valence-corrected chi connectivity index (χ2v) is 4.81. The fraction of sp³-hybridized carbons (Fsp3) is 0.308. The van der Waals surface area contributed by atoms with Gasteiger partial charge in [0.15, 0.2) is 0 Å². The molecule has 3 nitrogen and oxygen atoms in total. The SMILES string of the molecule is CC(C)c1c(-c2ccccc2Cl)nn(C)c1N. The molecule has 0 radical (unpaired) electrons. The Balaban J connectivity index is 2.68. The van der Waals surface area contributed by atoms with Crippen molar-refractivity contribution in [2.45, 2.75) is 19.8 Å². The summed E-state index contributed by atoms with van der Waals surface area (Å²) in [6.45, 7) is 4.21. The Labute approximate surface area is 106 Å². The number of aromatic nitrogens is 2. The normalized spacial score (nSPS) is 11.1. The molecule has 90 valence electrons. The van der Waals surface area contributed by atoms with E-state index in [0.717, 1.165) is 16.8 Å². The molecular weight excluding hydrogens is 234 g/mol. The van der Waals surface area contributed by atoms with Crippen LogP contribution in [0.25, 0.3) is 11.3 Å². The molecule has 0 atom stereocenters. The number of aryl methyl sites for hydroxylation is 1. The summed E-state index contributed by atoms with van der Waals surface area (Å²) in [6.07, 6.45) is 0. The van der Waals surface area contributed by atoms with E-state index >= 15 is 0 Å². The lowest BCUT2D eigenvalue weighted by atomic mass is 9.99. The van der Waals surface area contributed by atoms with E-state index in [9.17, 15) is 0 Å². The largest absolute Gasteiger partial charge is 0.384 e. The van der Waals surface area contributed by atoms with Gasteiger partial charge < -0.3 is 5.73 Å². The Kier molecular flexibility index (Phi) is 3.11.